The molecule has 0 heterocycles. The van der Waals surface area contributed by atoms with Crippen LogP contribution in [-0.2, 0) is 0 Å². The van der Waals surface area contributed by atoms with Crippen LogP contribution in [0.25, 0.3) is 0 Å². The summed E-state index contributed by atoms with van der Waals surface area (Å²) in [6.45, 7) is 1.80. The first-order valence-electron chi connectivity index (χ1n) is 3.64. The van der Waals surface area contributed by atoms with E-state index in [4.69, 9.17) is 21.4 Å². The first-order valence-corrected chi connectivity index (χ1v) is 4.02. The number of hydrogen-bond acceptors (Lipinski definition) is 2. The molecule has 70 valence electrons. The van der Waals surface area contributed by atoms with Gasteiger partial charge in [0.1, 0.15) is 5.75 Å². The number of methoxy groups -OCH3 is 1. The summed E-state index contributed by atoms with van der Waals surface area (Å²) >= 11 is 5.80. The van der Waals surface area contributed by atoms with Gasteiger partial charge in [-0.2, -0.15) is 0 Å². The standard InChI is InChI=1S/C9H9ClO3/c1-5-3-4-6(9(11)12)7(10)8(5)13-2/h3-4H,1-2H3,(H,11,12). The number of carboxylic acid groups (broad SMARTS) is 1. The van der Waals surface area contributed by atoms with Gasteiger partial charge in [0.15, 0.2) is 0 Å². The number of hydrogen-bond donors (Lipinski definition) is 1. The summed E-state index contributed by atoms with van der Waals surface area (Å²) in [5.41, 5.74) is 0.876. The van der Waals surface area contributed by atoms with Crippen LogP contribution in [0.5, 0.6) is 5.75 Å². The average molecular weight is 201 g/mol. The first kappa shape index (κ1) is 9.86. The van der Waals surface area contributed by atoms with Crippen molar-refractivity contribution in [2.24, 2.45) is 0 Å². The van der Waals surface area contributed by atoms with Gasteiger partial charge in [-0.3, -0.25) is 0 Å². The third-order valence-electron chi connectivity index (χ3n) is 1.73. The van der Waals surface area contributed by atoms with Crippen LogP contribution >= 0.6 is 11.6 Å². The molecular formula is C9H9ClO3. The number of rotatable bonds is 2. The van der Waals surface area contributed by atoms with E-state index in [1.165, 1.54) is 13.2 Å². The zero-order valence-corrected chi connectivity index (χ0v) is 8.05. The Hall–Kier alpha value is -1.22. The van der Waals surface area contributed by atoms with Crippen molar-refractivity contribution in [3.63, 3.8) is 0 Å². The monoisotopic (exact) mass is 200 g/mol. The van der Waals surface area contributed by atoms with Crippen LogP contribution in [-0.4, -0.2) is 18.2 Å². The van der Waals surface area contributed by atoms with Crippen molar-refractivity contribution < 1.29 is 14.6 Å². The lowest BCUT2D eigenvalue weighted by Gasteiger charge is -2.08. The van der Waals surface area contributed by atoms with Crippen LogP contribution in [0.2, 0.25) is 5.02 Å². The van der Waals surface area contributed by atoms with E-state index in [0.29, 0.717) is 5.75 Å². The highest BCUT2D eigenvalue weighted by atomic mass is 35.5. The Morgan fingerprint density at radius 1 is 1.54 bits per heavy atom. The van der Waals surface area contributed by atoms with Gasteiger partial charge in [0.25, 0.3) is 0 Å². The number of halogens is 1. The van der Waals surface area contributed by atoms with Crippen LogP contribution in [0.1, 0.15) is 15.9 Å². The topological polar surface area (TPSA) is 46.5 Å². The van der Waals surface area contributed by atoms with Crippen LogP contribution in [0.3, 0.4) is 0 Å². The molecule has 0 atom stereocenters. The SMILES string of the molecule is COc1c(C)ccc(C(=O)O)c1Cl. The van der Waals surface area contributed by atoms with Crippen molar-refractivity contribution in [2.45, 2.75) is 6.92 Å². The molecule has 0 aliphatic heterocycles. The second-order valence-electron chi connectivity index (χ2n) is 2.58. The maximum absolute atomic E-state index is 10.7. The number of benzene rings is 1. The summed E-state index contributed by atoms with van der Waals surface area (Å²) in [4.78, 5) is 10.7. The summed E-state index contributed by atoms with van der Waals surface area (Å²) in [7, 11) is 1.46. The lowest BCUT2D eigenvalue weighted by molar-refractivity contribution is 0.0696. The fourth-order valence-electron chi connectivity index (χ4n) is 1.07. The number of aryl methyl sites for hydroxylation is 1. The van der Waals surface area contributed by atoms with E-state index in [-0.39, 0.29) is 10.6 Å². The van der Waals surface area contributed by atoms with Gasteiger partial charge in [0.2, 0.25) is 0 Å². The summed E-state index contributed by atoms with van der Waals surface area (Å²) in [5.74, 6) is -0.634. The minimum atomic E-state index is -1.05. The Balaban J connectivity index is 3.35. The number of aromatic carboxylic acids is 1. The summed E-state index contributed by atoms with van der Waals surface area (Å²) in [6, 6.07) is 3.12. The molecule has 1 aromatic rings. The minimum Gasteiger partial charge on any atom is -0.495 e. The summed E-state index contributed by atoms with van der Waals surface area (Å²) in [6.07, 6.45) is 0. The second kappa shape index (κ2) is 3.66. The number of ether oxygens (including phenoxy) is 1. The summed E-state index contributed by atoms with van der Waals surface area (Å²) in [5, 5.41) is 8.88. The molecule has 13 heavy (non-hydrogen) atoms. The zero-order chi connectivity index (χ0) is 10.0. The van der Waals surface area contributed by atoms with Crippen molar-refractivity contribution in [3.8, 4) is 5.75 Å². The predicted molar refractivity (Wildman–Crippen MR) is 49.7 cm³/mol. The molecule has 0 amide bonds. The third-order valence-corrected chi connectivity index (χ3v) is 2.10. The van der Waals surface area contributed by atoms with Gasteiger partial charge in [-0.05, 0) is 18.6 Å². The van der Waals surface area contributed by atoms with Gasteiger partial charge in [-0.25, -0.2) is 4.79 Å². The second-order valence-corrected chi connectivity index (χ2v) is 2.96. The molecular weight excluding hydrogens is 192 g/mol. The molecule has 0 aliphatic rings. The molecule has 1 N–H and O–H groups in total. The molecule has 4 heteroatoms. The molecule has 1 rings (SSSR count). The molecule has 0 unspecified atom stereocenters. The van der Waals surface area contributed by atoms with E-state index < -0.39 is 5.97 Å². The molecule has 0 radical (unpaired) electrons. The Kier molecular flexibility index (Phi) is 2.78. The van der Waals surface area contributed by atoms with Crippen LogP contribution in [0.4, 0.5) is 0 Å². The lowest BCUT2D eigenvalue weighted by Crippen LogP contribution is -2.00. The molecule has 0 fully saturated rings. The van der Waals surface area contributed by atoms with E-state index in [9.17, 15) is 4.79 Å². The molecule has 0 saturated carbocycles. The Labute approximate surface area is 80.9 Å². The van der Waals surface area contributed by atoms with E-state index in [1.54, 1.807) is 13.0 Å². The van der Waals surface area contributed by atoms with Gasteiger partial charge >= 0.3 is 5.97 Å². The van der Waals surface area contributed by atoms with E-state index in [2.05, 4.69) is 0 Å². The van der Waals surface area contributed by atoms with Gasteiger partial charge in [0, 0.05) is 0 Å². The Morgan fingerprint density at radius 3 is 2.62 bits per heavy atom. The highest BCUT2D eigenvalue weighted by molar-refractivity contribution is 6.35. The lowest BCUT2D eigenvalue weighted by atomic mass is 10.1. The minimum absolute atomic E-state index is 0.0594. The molecule has 3 nitrogen and oxygen atoms in total. The Morgan fingerprint density at radius 2 is 2.15 bits per heavy atom. The largest absolute Gasteiger partial charge is 0.495 e. The molecule has 0 aliphatic carbocycles. The fraction of sp³-hybridized carbons (Fsp3) is 0.222. The number of carboxylic acids is 1. The van der Waals surface area contributed by atoms with Crippen LogP contribution < -0.4 is 4.74 Å². The van der Waals surface area contributed by atoms with Crippen molar-refractivity contribution in [1.29, 1.82) is 0 Å². The predicted octanol–water partition coefficient (Wildman–Crippen LogP) is 2.36. The summed E-state index contributed by atoms with van der Waals surface area (Å²) < 4.78 is 4.97. The van der Waals surface area contributed by atoms with Crippen molar-refractivity contribution in [2.75, 3.05) is 7.11 Å². The smallest absolute Gasteiger partial charge is 0.337 e. The van der Waals surface area contributed by atoms with E-state index >= 15 is 0 Å². The van der Waals surface area contributed by atoms with Gasteiger partial charge in [-0.15, -0.1) is 0 Å². The molecule has 0 spiro atoms. The van der Waals surface area contributed by atoms with Gasteiger partial charge in [-0.1, -0.05) is 17.7 Å². The maximum atomic E-state index is 10.7. The van der Waals surface area contributed by atoms with Gasteiger partial charge in [0.05, 0.1) is 17.7 Å². The molecule has 0 aromatic heterocycles. The van der Waals surface area contributed by atoms with E-state index in [0.717, 1.165) is 5.56 Å². The third kappa shape index (κ3) is 1.75. The van der Waals surface area contributed by atoms with Crippen molar-refractivity contribution >= 4 is 17.6 Å². The zero-order valence-electron chi connectivity index (χ0n) is 7.30. The average Bonchev–Trinajstić information content (AvgIpc) is 2.04. The molecule has 1 aromatic carbocycles. The Bertz CT molecular complexity index is 347. The normalized spacial score (nSPS) is 9.77. The van der Waals surface area contributed by atoms with Crippen molar-refractivity contribution in [1.82, 2.24) is 0 Å². The molecule has 0 saturated heterocycles. The highest BCUT2D eigenvalue weighted by Gasteiger charge is 2.14. The number of carbonyl (C=O) groups is 1. The van der Waals surface area contributed by atoms with Crippen LogP contribution in [0, 0.1) is 6.92 Å². The van der Waals surface area contributed by atoms with E-state index in [1.807, 2.05) is 0 Å². The van der Waals surface area contributed by atoms with Crippen LogP contribution in [0.15, 0.2) is 12.1 Å². The van der Waals surface area contributed by atoms with Gasteiger partial charge < -0.3 is 9.84 Å². The maximum Gasteiger partial charge on any atom is 0.337 e. The quantitative estimate of drug-likeness (QED) is 0.797. The van der Waals surface area contributed by atoms with Crippen molar-refractivity contribution in [3.05, 3.63) is 28.3 Å². The fourth-order valence-corrected chi connectivity index (χ4v) is 1.44. The first-order chi connectivity index (χ1) is 6.07. The molecule has 0 bridgehead atoms. The highest BCUT2D eigenvalue weighted by Crippen LogP contribution is 2.31.